The van der Waals surface area contributed by atoms with Crippen LogP contribution in [0.5, 0.6) is 0 Å². The van der Waals surface area contributed by atoms with Crippen molar-refractivity contribution < 1.29 is 9.53 Å². The second kappa shape index (κ2) is 9.27. The van der Waals surface area contributed by atoms with Gasteiger partial charge >= 0.3 is 0 Å². The number of aryl methyl sites for hydroxylation is 4. The molecule has 1 spiro atoms. The molecule has 3 fully saturated rings. The molecule has 5 heteroatoms. The number of hydrogen-bond donors (Lipinski definition) is 0. The van der Waals surface area contributed by atoms with Crippen molar-refractivity contribution in [3.8, 4) is 0 Å². The Balaban J connectivity index is 1.72. The molecule has 0 aromatic heterocycles. The number of anilines is 1. The fourth-order valence-electron chi connectivity index (χ4n) is 6.35. The van der Waals surface area contributed by atoms with Crippen LogP contribution >= 0.6 is 0 Å². The average molecular weight is 460 g/mol. The molecule has 0 N–H and O–H groups in total. The van der Waals surface area contributed by atoms with Gasteiger partial charge in [-0.1, -0.05) is 54.7 Å². The van der Waals surface area contributed by atoms with Gasteiger partial charge in [-0.15, -0.1) is 0 Å². The predicted octanol–water partition coefficient (Wildman–Crippen LogP) is 5.65. The fourth-order valence-corrected chi connectivity index (χ4v) is 6.35. The minimum Gasteiger partial charge on any atom is -0.379 e. The summed E-state index contributed by atoms with van der Waals surface area (Å²) in [7, 11) is 0. The minimum atomic E-state index is -0.411. The SMILES string of the molecule is Cc1ccc(N2C(=O)C3(CCCCC3)C(N3CCOCC3)C2=Nc2c(C)cc(C)cc2C)cc1. The maximum Gasteiger partial charge on any atom is 0.240 e. The van der Waals surface area contributed by atoms with Gasteiger partial charge in [0.15, 0.2) is 0 Å². The molecule has 180 valence electrons. The molecule has 0 radical (unpaired) electrons. The van der Waals surface area contributed by atoms with Gasteiger partial charge in [-0.05, 0) is 63.8 Å². The average Bonchev–Trinajstić information content (AvgIpc) is 3.05. The Morgan fingerprint density at radius 2 is 1.50 bits per heavy atom. The van der Waals surface area contributed by atoms with Crippen LogP contribution in [0.3, 0.4) is 0 Å². The smallest absolute Gasteiger partial charge is 0.240 e. The first-order valence-corrected chi connectivity index (χ1v) is 12.8. The van der Waals surface area contributed by atoms with Crippen LogP contribution in [-0.4, -0.2) is 49.0 Å². The number of aliphatic imine (C=N–C) groups is 1. The molecule has 5 rings (SSSR count). The maximum atomic E-state index is 14.4. The van der Waals surface area contributed by atoms with Gasteiger partial charge in [0.25, 0.3) is 0 Å². The maximum absolute atomic E-state index is 14.4. The van der Waals surface area contributed by atoms with Crippen LogP contribution in [0, 0.1) is 33.1 Å². The normalized spacial score (nSPS) is 24.4. The van der Waals surface area contributed by atoms with Gasteiger partial charge in [-0.25, -0.2) is 4.99 Å². The number of morpholine rings is 1. The molecule has 1 atom stereocenters. The number of amidine groups is 1. The first kappa shape index (κ1) is 23.3. The van der Waals surface area contributed by atoms with Crippen LogP contribution in [0.15, 0.2) is 41.4 Å². The Hall–Kier alpha value is -2.50. The lowest BCUT2D eigenvalue weighted by molar-refractivity contribution is -0.130. The zero-order chi connectivity index (χ0) is 23.9. The first-order valence-electron chi connectivity index (χ1n) is 12.8. The van der Waals surface area contributed by atoms with Gasteiger partial charge in [-0.3, -0.25) is 14.6 Å². The number of carbonyl (C=O) groups excluding carboxylic acids is 1. The van der Waals surface area contributed by atoms with Gasteiger partial charge in [0.1, 0.15) is 5.84 Å². The number of ether oxygens (including phenoxy) is 1. The van der Waals surface area contributed by atoms with Crippen LogP contribution in [0.25, 0.3) is 0 Å². The highest BCUT2D eigenvalue weighted by Crippen LogP contribution is 2.50. The molecule has 1 amide bonds. The standard InChI is InChI=1S/C29H37N3O2/c1-20-8-10-24(11-9-20)32-27(30-25-22(3)18-21(2)19-23(25)4)26(31-14-16-34-17-15-31)29(28(32)33)12-6-5-7-13-29/h8-11,18-19,26H,5-7,12-17H2,1-4H3. The van der Waals surface area contributed by atoms with Crippen molar-refractivity contribution in [3.05, 3.63) is 58.7 Å². The van der Waals surface area contributed by atoms with E-state index in [1.54, 1.807) is 0 Å². The van der Waals surface area contributed by atoms with E-state index in [2.05, 4.69) is 69.0 Å². The summed E-state index contributed by atoms with van der Waals surface area (Å²) in [5, 5.41) is 0. The number of rotatable bonds is 3. The van der Waals surface area contributed by atoms with Crippen molar-refractivity contribution in [2.75, 3.05) is 31.2 Å². The summed E-state index contributed by atoms with van der Waals surface area (Å²) in [6.07, 6.45) is 5.27. The number of hydrogen-bond acceptors (Lipinski definition) is 4. The van der Waals surface area contributed by atoms with Crippen molar-refractivity contribution >= 4 is 23.1 Å². The van der Waals surface area contributed by atoms with E-state index >= 15 is 0 Å². The highest BCUT2D eigenvalue weighted by Gasteiger charge is 2.60. The third-order valence-corrected chi connectivity index (χ3v) is 7.94. The lowest BCUT2D eigenvalue weighted by atomic mass is 9.69. The van der Waals surface area contributed by atoms with E-state index in [1.165, 1.54) is 17.5 Å². The summed E-state index contributed by atoms with van der Waals surface area (Å²) in [5.74, 6) is 1.13. The number of nitrogens with zero attached hydrogens (tertiary/aromatic N) is 3. The van der Waals surface area contributed by atoms with E-state index < -0.39 is 5.41 Å². The Morgan fingerprint density at radius 1 is 0.882 bits per heavy atom. The molecule has 1 aliphatic carbocycles. The van der Waals surface area contributed by atoms with E-state index in [0.717, 1.165) is 67.1 Å². The van der Waals surface area contributed by atoms with E-state index in [0.29, 0.717) is 13.2 Å². The minimum absolute atomic E-state index is 0.0226. The monoisotopic (exact) mass is 459 g/mol. The van der Waals surface area contributed by atoms with Gasteiger partial charge in [0.2, 0.25) is 5.91 Å². The number of carbonyl (C=O) groups is 1. The highest BCUT2D eigenvalue weighted by molar-refractivity contribution is 6.27. The Morgan fingerprint density at radius 3 is 2.12 bits per heavy atom. The van der Waals surface area contributed by atoms with Crippen LogP contribution in [0.4, 0.5) is 11.4 Å². The molecule has 1 unspecified atom stereocenters. The van der Waals surface area contributed by atoms with E-state index in [4.69, 9.17) is 9.73 Å². The largest absolute Gasteiger partial charge is 0.379 e. The second-order valence-electron chi connectivity index (χ2n) is 10.5. The Labute approximate surface area is 203 Å². The quantitative estimate of drug-likeness (QED) is 0.596. The van der Waals surface area contributed by atoms with Crippen LogP contribution in [0.1, 0.15) is 54.4 Å². The zero-order valence-corrected chi connectivity index (χ0v) is 21.1. The third-order valence-electron chi connectivity index (χ3n) is 7.94. The lowest BCUT2D eigenvalue weighted by Crippen LogP contribution is -2.54. The van der Waals surface area contributed by atoms with Crippen molar-refractivity contribution in [1.82, 2.24) is 4.90 Å². The number of amides is 1. The first-order chi connectivity index (χ1) is 16.4. The van der Waals surface area contributed by atoms with Crippen molar-refractivity contribution in [1.29, 1.82) is 0 Å². The van der Waals surface area contributed by atoms with E-state index in [1.807, 2.05) is 4.90 Å². The fraction of sp³-hybridized carbons (Fsp3) is 0.517. The Bertz CT molecular complexity index is 1070. The van der Waals surface area contributed by atoms with Crippen molar-refractivity contribution in [2.24, 2.45) is 10.4 Å². The van der Waals surface area contributed by atoms with Crippen LogP contribution < -0.4 is 4.90 Å². The third kappa shape index (κ3) is 3.99. The summed E-state index contributed by atoms with van der Waals surface area (Å²) in [6.45, 7) is 11.6. The Kier molecular flexibility index (Phi) is 6.34. The molecule has 34 heavy (non-hydrogen) atoms. The molecule has 1 saturated carbocycles. The number of benzene rings is 2. The predicted molar refractivity (Wildman–Crippen MR) is 138 cm³/mol. The van der Waals surface area contributed by atoms with Gasteiger partial charge in [0.05, 0.1) is 36.0 Å². The van der Waals surface area contributed by atoms with Gasteiger partial charge in [-0.2, -0.15) is 0 Å². The highest BCUT2D eigenvalue weighted by atomic mass is 16.5. The summed E-state index contributed by atoms with van der Waals surface area (Å²) in [6, 6.07) is 12.7. The molecular weight excluding hydrogens is 422 g/mol. The summed E-state index contributed by atoms with van der Waals surface area (Å²) in [5.41, 5.74) is 6.26. The molecule has 2 heterocycles. The lowest BCUT2D eigenvalue weighted by Gasteiger charge is -2.42. The van der Waals surface area contributed by atoms with Crippen molar-refractivity contribution in [2.45, 2.75) is 65.8 Å². The molecular formula is C29H37N3O2. The zero-order valence-electron chi connectivity index (χ0n) is 21.1. The summed E-state index contributed by atoms with van der Waals surface area (Å²) >= 11 is 0. The van der Waals surface area contributed by atoms with Crippen LogP contribution in [-0.2, 0) is 9.53 Å². The molecule has 3 aliphatic rings. The summed E-state index contributed by atoms with van der Waals surface area (Å²) < 4.78 is 5.71. The molecule has 5 nitrogen and oxygen atoms in total. The van der Waals surface area contributed by atoms with Crippen molar-refractivity contribution in [3.63, 3.8) is 0 Å². The molecule has 2 aromatic rings. The molecule has 2 aromatic carbocycles. The molecule has 0 bridgehead atoms. The topological polar surface area (TPSA) is 45.1 Å². The molecule has 2 aliphatic heterocycles. The van der Waals surface area contributed by atoms with Gasteiger partial charge in [0, 0.05) is 13.1 Å². The summed E-state index contributed by atoms with van der Waals surface area (Å²) in [4.78, 5) is 24.3. The van der Waals surface area contributed by atoms with Crippen LogP contribution in [0.2, 0.25) is 0 Å². The van der Waals surface area contributed by atoms with E-state index in [9.17, 15) is 4.79 Å². The van der Waals surface area contributed by atoms with E-state index in [-0.39, 0.29) is 11.9 Å². The van der Waals surface area contributed by atoms with Gasteiger partial charge < -0.3 is 4.74 Å². The molecule has 2 saturated heterocycles. The second-order valence-corrected chi connectivity index (χ2v) is 10.5.